The van der Waals surface area contributed by atoms with Crippen LogP contribution >= 0.6 is 0 Å². The highest BCUT2D eigenvalue weighted by Crippen LogP contribution is 2.30. The van der Waals surface area contributed by atoms with Crippen molar-refractivity contribution in [2.75, 3.05) is 6.61 Å². The van der Waals surface area contributed by atoms with Crippen LogP contribution < -0.4 is 4.74 Å². The second kappa shape index (κ2) is 8.78. The van der Waals surface area contributed by atoms with E-state index in [0.29, 0.717) is 17.9 Å². The quantitative estimate of drug-likeness (QED) is 0.110. The minimum atomic E-state index is -0.329. The Morgan fingerprint density at radius 2 is 1.52 bits per heavy atom. The molecule has 0 bridgehead atoms. The zero-order chi connectivity index (χ0) is 21.0. The summed E-state index contributed by atoms with van der Waals surface area (Å²) in [5.74, 6) is 1.000. The van der Waals surface area contributed by atoms with Gasteiger partial charge in [-0.05, 0) is 71.5 Å². The van der Waals surface area contributed by atoms with Crippen molar-refractivity contribution in [2.24, 2.45) is 0 Å². The van der Waals surface area contributed by atoms with Crippen LogP contribution in [0, 0.1) is 0 Å². The number of ether oxygens (including phenoxy) is 2. The van der Waals surface area contributed by atoms with Gasteiger partial charge in [0.2, 0.25) is 0 Å². The Kier molecular flexibility index (Phi) is 6.18. The maximum atomic E-state index is 11.4. The number of carbonyl (C=O) groups is 1. The molecule has 0 radical (unpaired) electrons. The van der Waals surface area contributed by atoms with Crippen LogP contribution in [0.4, 0.5) is 0 Å². The van der Waals surface area contributed by atoms with E-state index in [1.807, 2.05) is 19.1 Å². The molecule has 148 valence electrons. The zero-order valence-electron chi connectivity index (χ0n) is 17.1. The smallest absolute Gasteiger partial charge is 0.333 e. The number of hydrogen-bond acceptors (Lipinski definition) is 3. The highest BCUT2D eigenvalue weighted by atomic mass is 16.5. The topological polar surface area (TPSA) is 35.5 Å². The van der Waals surface area contributed by atoms with E-state index in [0.717, 1.165) is 29.6 Å². The van der Waals surface area contributed by atoms with Crippen molar-refractivity contribution < 1.29 is 14.3 Å². The van der Waals surface area contributed by atoms with Crippen molar-refractivity contribution >= 4 is 27.5 Å². The molecular formula is C26H26O3. The van der Waals surface area contributed by atoms with Crippen LogP contribution in [0.2, 0.25) is 0 Å². The van der Waals surface area contributed by atoms with E-state index in [9.17, 15) is 4.79 Å². The van der Waals surface area contributed by atoms with Gasteiger partial charge in [-0.25, -0.2) is 4.79 Å². The zero-order valence-corrected chi connectivity index (χ0v) is 17.1. The van der Waals surface area contributed by atoms with E-state index in [-0.39, 0.29) is 5.97 Å². The standard InChI is InChI=1S/C26H26O3/c1-17(2)19(5)29-23-11-13-25-22(16-23)10-9-21-15-20(8-12-24(21)25)7-6-14-28-26(27)18(3)4/h8-13,15-16H,1,3,5-7,14H2,2,4H3. The van der Waals surface area contributed by atoms with E-state index in [1.165, 1.54) is 21.7 Å². The molecule has 0 saturated heterocycles. The van der Waals surface area contributed by atoms with Crippen LogP contribution in [-0.4, -0.2) is 12.6 Å². The predicted molar refractivity (Wildman–Crippen MR) is 120 cm³/mol. The fourth-order valence-corrected chi connectivity index (χ4v) is 3.11. The fraction of sp³-hybridized carbons (Fsp3) is 0.192. The number of allylic oxidation sites excluding steroid dienone is 1. The Bertz CT molecular complexity index is 1120. The molecule has 0 aromatic heterocycles. The third kappa shape index (κ3) is 4.94. The van der Waals surface area contributed by atoms with Gasteiger partial charge in [-0.3, -0.25) is 0 Å². The summed E-state index contributed by atoms with van der Waals surface area (Å²) in [6.07, 6.45) is 1.64. The summed E-state index contributed by atoms with van der Waals surface area (Å²) in [5.41, 5.74) is 2.46. The Labute approximate surface area is 171 Å². The first-order valence-corrected chi connectivity index (χ1v) is 9.66. The normalized spacial score (nSPS) is 10.7. The summed E-state index contributed by atoms with van der Waals surface area (Å²) >= 11 is 0. The van der Waals surface area contributed by atoms with Crippen molar-refractivity contribution in [2.45, 2.75) is 26.7 Å². The van der Waals surface area contributed by atoms with Gasteiger partial charge in [-0.15, -0.1) is 0 Å². The van der Waals surface area contributed by atoms with Gasteiger partial charge in [0, 0.05) is 5.57 Å². The van der Waals surface area contributed by atoms with Gasteiger partial charge < -0.3 is 9.47 Å². The summed E-state index contributed by atoms with van der Waals surface area (Å²) in [5, 5.41) is 4.68. The largest absolute Gasteiger partial charge is 0.462 e. The van der Waals surface area contributed by atoms with Crippen LogP contribution in [0.3, 0.4) is 0 Å². The third-order valence-electron chi connectivity index (χ3n) is 4.78. The molecule has 0 aliphatic carbocycles. The van der Waals surface area contributed by atoms with Crippen LogP contribution in [0.1, 0.15) is 25.8 Å². The van der Waals surface area contributed by atoms with Gasteiger partial charge in [0.05, 0.1) is 6.61 Å². The van der Waals surface area contributed by atoms with Gasteiger partial charge in [-0.1, -0.05) is 56.1 Å². The number of aryl methyl sites for hydroxylation is 1. The van der Waals surface area contributed by atoms with E-state index in [4.69, 9.17) is 9.47 Å². The van der Waals surface area contributed by atoms with Crippen molar-refractivity contribution in [3.8, 4) is 5.75 Å². The Hall–Kier alpha value is -3.33. The monoisotopic (exact) mass is 386 g/mol. The molecule has 0 aliphatic rings. The summed E-state index contributed by atoms with van der Waals surface area (Å²) in [4.78, 5) is 11.4. The second-order valence-corrected chi connectivity index (χ2v) is 7.33. The highest BCUT2D eigenvalue weighted by molar-refractivity contribution is 6.07. The van der Waals surface area contributed by atoms with Crippen LogP contribution in [0.25, 0.3) is 21.5 Å². The first-order chi connectivity index (χ1) is 13.8. The molecule has 3 rings (SSSR count). The summed E-state index contributed by atoms with van der Waals surface area (Å²) in [7, 11) is 0. The molecule has 0 spiro atoms. The summed E-state index contributed by atoms with van der Waals surface area (Å²) < 4.78 is 10.9. The molecule has 0 saturated carbocycles. The van der Waals surface area contributed by atoms with Crippen molar-refractivity contribution in [3.05, 3.63) is 90.7 Å². The van der Waals surface area contributed by atoms with Gasteiger partial charge in [-0.2, -0.15) is 0 Å². The Morgan fingerprint density at radius 1 is 0.862 bits per heavy atom. The molecule has 0 unspecified atom stereocenters. The lowest BCUT2D eigenvalue weighted by atomic mass is 9.98. The number of esters is 1. The molecule has 3 aromatic rings. The Morgan fingerprint density at radius 3 is 2.17 bits per heavy atom. The molecular weight excluding hydrogens is 360 g/mol. The molecule has 0 atom stereocenters. The van der Waals surface area contributed by atoms with Crippen LogP contribution in [0.5, 0.6) is 5.75 Å². The first kappa shape index (κ1) is 20.4. The van der Waals surface area contributed by atoms with Gasteiger partial charge in [0.1, 0.15) is 11.5 Å². The number of rotatable bonds is 8. The van der Waals surface area contributed by atoms with Crippen LogP contribution in [-0.2, 0) is 16.0 Å². The maximum Gasteiger partial charge on any atom is 0.333 e. The highest BCUT2D eigenvalue weighted by Gasteiger charge is 2.06. The van der Waals surface area contributed by atoms with E-state index in [2.05, 4.69) is 56.1 Å². The summed E-state index contributed by atoms with van der Waals surface area (Å²) in [6, 6.07) is 16.8. The van der Waals surface area contributed by atoms with Crippen molar-refractivity contribution in [3.63, 3.8) is 0 Å². The molecule has 0 aliphatic heterocycles. The minimum Gasteiger partial charge on any atom is -0.462 e. The molecule has 0 fully saturated rings. The number of hydrogen-bond donors (Lipinski definition) is 0. The SMILES string of the molecule is C=C(C)C(=C)Oc1ccc2c(ccc3cc(CCCOC(=O)C(=C)C)ccc32)c1. The lowest BCUT2D eigenvalue weighted by Crippen LogP contribution is -2.06. The van der Waals surface area contributed by atoms with Crippen molar-refractivity contribution in [1.82, 2.24) is 0 Å². The average Bonchev–Trinajstić information content (AvgIpc) is 2.70. The minimum absolute atomic E-state index is 0.329. The lowest BCUT2D eigenvalue weighted by molar-refractivity contribution is -0.139. The molecule has 3 heteroatoms. The lowest BCUT2D eigenvalue weighted by Gasteiger charge is -2.11. The molecule has 0 amide bonds. The molecule has 29 heavy (non-hydrogen) atoms. The molecule has 0 heterocycles. The van der Waals surface area contributed by atoms with E-state index < -0.39 is 0 Å². The van der Waals surface area contributed by atoms with Gasteiger partial charge >= 0.3 is 5.97 Å². The van der Waals surface area contributed by atoms with Crippen LogP contribution in [0.15, 0.2) is 85.2 Å². The molecule has 0 N–H and O–H groups in total. The Balaban J connectivity index is 1.75. The van der Waals surface area contributed by atoms with Gasteiger partial charge in [0.25, 0.3) is 0 Å². The van der Waals surface area contributed by atoms with E-state index in [1.54, 1.807) is 6.92 Å². The van der Waals surface area contributed by atoms with E-state index >= 15 is 0 Å². The summed E-state index contributed by atoms with van der Waals surface area (Å²) in [6.45, 7) is 15.3. The second-order valence-electron chi connectivity index (χ2n) is 7.33. The third-order valence-corrected chi connectivity index (χ3v) is 4.78. The number of carbonyl (C=O) groups excluding carboxylic acids is 1. The number of benzene rings is 3. The fourth-order valence-electron chi connectivity index (χ4n) is 3.11. The first-order valence-electron chi connectivity index (χ1n) is 9.66. The predicted octanol–water partition coefficient (Wildman–Crippen LogP) is 6.51. The molecule has 3 aromatic carbocycles. The number of fused-ring (bicyclic) bond motifs is 3. The average molecular weight is 386 g/mol. The van der Waals surface area contributed by atoms with Gasteiger partial charge in [0.15, 0.2) is 0 Å². The maximum absolute atomic E-state index is 11.4. The van der Waals surface area contributed by atoms with Crippen molar-refractivity contribution in [1.29, 1.82) is 0 Å². The molecule has 3 nitrogen and oxygen atoms in total.